The van der Waals surface area contributed by atoms with Gasteiger partial charge in [0.25, 0.3) is 0 Å². The van der Waals surface area contributed by atoms with Crippen molar-refractivity contribution < 1.29 is 19.1 Å². The number of hydrogen-bond donors (Lipinski definition) is 2. The topological polar surface area (TPSA) is 87.7 Å². The van der Waals surface area contributed by atoms with Gasteiger partial charge in [0.2, 0.25) is 11.8 Å². The number of benzene rings is 2. The van der Waals surface area contributed by atoms with Gasteiger partial charge in [-0.25, -0.2) is 4.79 Å². The number of carbonyl (C=O) groups excluding carboxylic acids is 3. The largest absolute Gasteiger partial charge is 0.444 e. The first-order chi connectivity index (χ1) is 19.8. The van der Waals surface area contributed by atoms with Gasteiger partial charge in [-0.2, -0.15) is 0 Å². The highest BCUT2D eigenvalue weighted by Gasteiger charge is 2.37. The summed E-state index contributed by atoms with van der Waals surface area (Å²) < 4.78 is 5.52. The van der Waals surface area contributed by atoms with Gasteiger partial charge >= 0.3 is 6.09 Å². The molecular formula is C35H53N3O4. The minimum absolute atomic E-state index is 0.131. The molecule has 2 unspecified atom stereocenters. The summed E-state index contributed by atoms with van der Waals surface area (Å²) in [6.45, 7) is 16.3. The molecule has 3 amide bonds. The third-order valence-corrected chi connectivity index (χ3v) is 7.07. The number of unbranched alkanes of at least 4 members (excludes halogenated alkanes) is 4. The monoisotopic (exact) mass is 579 g/mol. The molecular weight excluding hydrogens is 526 g/mol. The van der Waals surface area contributed by atoms with Crippen LogP contribution in [0.5, 0.6) is 0 Å². The van der Waals surface area contributed by atoms with Crippen molar-refractivity contribution in [3.05, 3.63) is 70.8 Å². The van der Waals surface area contributed by atoms with Crippen LogP contribution in [0.1, 0.15) is 108 Å². The van der Waals surface area contributed by atoms with Crippen molar-refractivity contribution in [1.29, 1.82) is 0 Å². The number of carbonyl (C=O) groups is 3. The van der Waals surface area contributed by atoms with Gasteiger partial charge in [-0.1, -0.05) is 101 Å². The molecule has 2 rings (SSSR count). The Morgan fingerprint density at radius 1 is 0.929 bits per heavy atom. The molecule has 0 saturated heterocycles. The molecule has 0 radical (unpaired) electrons. The van der Waals surface area contributed by atoms with Crippen LogP contribution >= 0.6 is 0 Å². The Morgan fingerprint density at radius 2 is 1.60 bits per heavy atom. The predicted molar refractivity (Wildman–Crippen MR) is 170 cm³/mol. The molecule has 7 heteroatoms. The van der Waals surface area contributed by atoms with E-state index in [0.29, 0.717) is 19.5 Å². The van der Waals surface area contributed by atoms with E-state index in [4.69, 9.17) is 4.74 Å². The zero-order valence-electron chi connectivity index (χ0n) is 27.1. The number of hydrogen-bond acceptors (Lipinski definition) is 4. The van der Waals surface area contributed by atoms with Gasteiger partial charge < -0.3 is 20.3 Å². The van der Waals surface area contributed by atoms with E-state index in [1.165, 1.54) is 0 Å². The van der Waals surface area contributed by atoms with Gasteiger partial charge in [0, 0.05) is 13.1 Å². The van der Waals surface area contributed by atoms with Crippen LogP contribution in [0.15, 0.2) is 48.5 Å². The standard InChI is InChI=1S/C35H53N3O4/c1-9-10-11-12-16-21-38(33(40)30(22-25(2)3)37-34(41)42-35(6,7)8)31(29-20-19-26(4)23-27(29)5)32(39)36-24-28-17-14-13-15-18-28/h13-15,17-20,23,25,30-31H,9-12,16,21-22,24H2,1-8H3,(H,36,39)(H,37,41). The van der Waals surface area contributed by atoms with Crippen LogP contribution in [0.25, 0.3) is 0 Å². The molecule has 0 fully saturated rings. The van der Waals surface area contributed by atoms with E-state index in [1.807, 2.05) is 76.2 Å². The first kappa shape index (κ1) is 34.8. The maximum atomic E-state index is 14.4. The number of aryl methyl sites for hydroxylation is 2. The Balaban J connectivity index is 2.51. The van der Waals surface area contributed by atoms with E-state index in [-0.39, 0.29) is 17.7 Å². The van der Waals surface area contributed by atoms with Crippen molar-refractivity contribution in [3.63, 3.8) is 0 Å². The summed E-state index contributed by atoms with van der Waals surface area (Å²) in [6.07, 6.45) is 4.82. The molecule has 2 aromatic rings. The quantitative estimate of drug-likeness (QED) is 0.215. The fourth-order valence-corrected chi connectivity index (χ4v) is 5.06. The summed E-state index contributed by atoms with van der Waals surface area (Å²) in [7, 11) is 0. The zero-order chi connectivity index (χ0) is 31.3. The summed E-state index contributed by atoms with van der Waals surface area (Å²) >= 11 is 0. The second kappa shape index (κ2) is 16.9. The molecule has 0 aliphatic rings. The fraction of sp³-hybridized carbons (Fsp3) is 0.571. The van der Waals surface area contributed by atoms with E-state index in [1.54, 1.807) is 25.7 Å². The fourth-order valence-electron chi connectivity index (χ4n) is 5.06. The highest BCUT2D eigenvalue weighted by molar-refractivity contribution is 5.92. The molecule has 0 heterocycles. The minimum atomic E-state index is -0.844. The number of amides is 3. The highest BCUT2D eigenvalue weighted by Crippen LogP contribution is 2.28. The Kier molecular flexibility index (Phi) is 14.1. The van der Waals surface area contributed by atoms with E-state index in [2.05, 4.69) is 17.6 Å². The van der Waals surface area contributed by atoms with Crippen LogP contribution in [-0.4, -0.2) is 41.0 Å². The van der Waals surface area contributed by atoms with E-state index < -0.39 is 23.8 Å². The van der Waals surface area contributed by atoms with Crippen LogP contribution in [0.2, 0.25) is 0 Å². The molecule has 232 valence electrons. The van der Waals surface area contributed by atoms with Gasteiger partial charge in [-0.05, 0) is 70.1 Å². The summed E-state index contributed by atoms with van der Waals surface area (Å²) in [6, 6.07) is 14.0. The Hall–Kier alpha value is -3.35. The van der Waals surface area contributed by atoms with Crippen LogP contribution in [-0.2, 0) is 20.9 Å². The molecule has 42 heavy (non-hydrogen) atoms. The van der Waals surface area contributed by atoms with Crippen LogP contribution in [0.4, 0.5) is 4.79 Å². The first-order valence-corrected chi connectivity index (χ1v) is 15.5. The zero-order valence-corrected chi connectivity index (χ0v) is 27.1. The lowest BCUT2D eigenvalue weighted by molar-refractivity contribution is -0.143. The lowest BCUT2D eigenvalue weighted by atomic mass is 9.95. The molecule has 0 aliphatic carbocycles. The summed E-state index contributed by atoms with van der Waals surface area (Å²) in [5, 5.41) is 5.93. The van der Waals surface area contributed by atoms with Crippen molar-refractivity contribution in [2.45, 2.75) is 118 Å². The number of alkyl carbamates (subject to hydrolysis) is 1. The van der Waals surface area contributed by atoms with Gasteiger partial charge in [0.15, 0.2) is 0 Å². The molecule has 0 spiro atoms. The number of nitrogens with one attached hydrogen (secondary N) is 2. The Morgan fingerprint density at radius 3 is 2.19 bits per heavy atom. The van der Waals surface area contributed by atoms with Gasteiger partial charge in [-0.3, -0.25) is 9.59 Å². The van der Waals surface area contributed by atoms with Crippen molar-refractivity contribution in [3.8, 4) is 0 Å². The van der Waals surface area contributed by atoms with Crippen LogP contribution in [0.3, 0.4) is 0 Å². The Bertz CT molecular complexity index is 1140. The molecule has 2 atom stereocenters. The molecule has 7 nitrogen and oxygen atoms in total. The summed E-state index contributed by atoms with van der Waals surface area (Å²) in [5.41, 5.74) is 3.09. The lowest BCUT2D eigenvalue weighted by Gasteiger charge is -2.35. The third kappa shape index (κ3) is 11.9. The number of rotatable bonds is 15. The Labute approximate surface area is 253 Å². The van der Waals surface area contributed by atoms with Gasteiger partial charge in [-0.15, -0.1) is 0 Å². The second-order valence-electron chi connectivity index (χ2n) is 12.7. The van der Waals surface area contributed by atoms with Crippen LogP contribution in [0, 0.1) is 19.8 Å². The smallest absolute Gasteiger partial charge is 0.408 e. The van der Waals surface area contributed by atoms with Crippen molar-refractivity contribution in [2.24, 2.45) is 5.92 Å². The average molecular weight is 580 g/mol. The van der Waals surface area contributed by atoms with Crippen LogP contribution < -0.4 is 10.6 Å². The third-order valence-electron chi connectivity index (χ3n) is 7.07. The summed E-state index contributed by atoms with van der Waals surface area (Å²) in [4.78, 5) is 43.1. The molecule has 0 saturated carbocycles. The number of nitrogens with zero attached hydrogens (tertiary/aromatic N) is 1. The van der Waals surface area contributed by atoms with E-state index >= 15 is 0 Å². The normalized spacial score (nSPS) is 12.9. The summed E-state index contributed by atoms with van der Waals surface area (Å²) in [5.74, 6) is -0.384. The molecule has 0 bridgehead atoms. The van der Waals surface area contributed by atoms with Crippen molar-refractivity contribution in [2.75, 3.05) is 6.54 Å². The maximum Gasteiger partial charge on any atom is 0.408 e. The second-order valence-corrected chi connectivity index (χ2v) is 12.7. The molecule has 2 N–H and O–H groups in total. The SMILES string of the molecule is CCCCCCCN(C(=O)C(CC(C)C)NC(=O)OC(C)(C)C)C(C(=O)NCc1ccccc1)c1ccc(C)cc1C. The average Bonchev–Trinajstić information content (AvgIpc) is 2.90. The molecule has 0 aliphatic heterocycles. The predicted octanol–water partition coefficient (Wildman–Crippen LogP) is 7.40. The van der Waals surface area contributed by atoms with Crippen molar-refractivity contribution in [1.82, 2.24) is 15.5 Å². The lowest BCUT2D eigenvalue weighted by Crippen LogP contribution is -2.53. The minimum Gasteiger partial charge on any atom is -0.444 e. The van der Waals surface area contributed by atoms with E-state index in [9.17, 15) is 14.4 Å². The van der Waals surface area contributed by atoms with E-state index in [0.717, 1.165) is 54.4 Å². The molecule has 0 aromatic heterocycles. The highest BCUT2D eigenvalue weighted by atomic mass is 16.6. The number of ether oxygens (including phenoxy) is 1. The van der Waals surface area contributed by atoms with Gasteiger partial charge in [0.1, 0.15) is 17.7 Å². The first-order valence-electron chi connectivity index (χ1n) is 15.5. The molecule has 2 aromatic carbocycles. The maximum absolute atomic E-state index is 14.4. The van der Waals surface area contributed by atoms with Crippen molar-refractivity contribution >= 4 is 17.9 Å². The van der Waals surface area contributed by atoms with Gasteiger partial charge in [0.05, 0.1) is 0 Å².